The minimum atomic E-state index is -0.325. The Morgan fingerprint density at radius 2 is 2.28 bits per heavy atom. The van der Waals surface area contributed by atoms with Gasteiger partial charge in [0.2, 0.25) is 5.91 Å². The van der Waals surface area contributed by atoms with E-state index in [2.05, 4.69) is 15.9 Å². The molecule has 1 fully saturated rings. The fourth-order valence-electron chi connectivity index (χ4n) is 1.97. The fourth-order valence-corrected chi connectivity index (χ4v) is 2.35. The van der Waals surface area contributed by atoms with Crippen molar-refractivity contribution in [3.63, 3.8) is 0 Å². The molecule has 0 aliphatic carbocycles. The van der Waals surface area contributed by atoms with Gasteiger partial charge in [0.25, 0.3) is 0 Å². The lowest BCUT2D eigenvalue weighted by atomic mass is 10.1. The maximum absolute atomic E-state index is 13.1. The lowest BCUT2D eigenvalue weighted by Crippen LogP contribution is -2.33. The Balaban J connectivity index is 0.00000162. The first-order valence-corrected chi connectivity index (χ1v) is 6.33. The van der Waals surface area contributed by atoms with Crippen LogP contribution in [-0.2, 0) is 11.2 Å². The van der Waals surface area contributed by atoms with E-state index in [1.807, 2.05) is 0 Å². The summed E-state index contributed by atoms with van der Waals surface area (Å²) in [5, 5.41) is 0. The molecule has 18 heavy (non-hydrogen) atoms. The van der Waals surface area contributed by atoms with Crippen molar-refractivity contribution in [3.8, 4) is 0 Å². The Labute approximate surface area is 120 Å². The van der Waals surface area contributed by atoms with Gasteiger partial charge >= 0.3 is 0 Å². The molecular weight excluding hydrogens is 322 g/mol. The molecule has 2 N–H and O–H groups in total. The number of nitrogens with two attached hydrogens (primary N) is 1. The number of hydrogen-bond donors (Lipinski definition) is 1. The second kappa shape index (κ2) is 6.50. The highest BCUT2D eigenvalue weighted by molar-refractivity contribution is 9.10. The van der Waals surface area contributed by atoms with Crippen molar-refractivity contribution in [1.29, 1.82) is 0 Å². The third kappa shape index (κ3) is 3.67. The quantitative estimate of drug-likeness (QED) is 0.898. The molecule has 1 saturated heterocycles. The van der Waals surface area contributed by atoms with Crippen molar-refractivity contribution in [2.24, 2.45) is 5.73 Å². The molecule has 0 saturated carbocycles. The average Bonchev–Trinajstić information content (AvgIpc) is 2.70. The van der Waals surface area contributed by atoms with Crippen LogP contribution in [0.5, 0.6) is 0 Å². The molecule has 1 atom stereocenters. The van der Waals surface area contributed by atoms with Crippen molar-refractivity contribution in [1.82, 2.24) is 4.90 Å². The monoisotopic (exact) mass is 336 g/mol. The largest absolute Gasteiger partial charge is 0.341 e. The summed E-state index contributed by atoms with van der Waals surface area (Å²) in [5.74, 6) is -0.321. The topological polar surface area (TPSA) is 46.3 Å². The van der Waals surface area contributed by atoms with Gasteiger partial charge in [-0.2, -0.15) is 0 Å². The van der Waals surface area contributed by atoms with Crippen LogP contribution in [0.4, 0.5) is 4.39 Å². The van der Waals surface area contributed by atoms with E-state index in [1.54, 1.807) is 11.0 Å². The molecule has 100 valence electrons. The summed E-state index contributed by atoms with van der Waals surface area (Å²) < 4.78 is 13.8. The number of rotatable bonds is 2. The SMILES string of the molecule is Cl.N[C@H]1CCN(C(=O)Cc2cc(F)ccc2Br)C1. The molecule has 0 radical (unpaired) electrons. The van der Waals surface area contributed by atoms with Crippen LogP contribution in [0.15, 0.2) is 22.7 Å². The zero-order valence-electron chi connectivity index (χ0n) is 9.73. The predicted molar refractivity (Wildman–Crippen MR) is 74.2 cm³/mol. The molecule has 1 aromatic rings. The number of halogens is 3. The van der Waals surface area contributed by atoms with Crippen molar-refractivity contribution in [2.45, 2.75) is 18.9 Å². The fraction of sp³-hybridized carbons (Fsp3) is 0.417. The normalized spacial score (nSPS) is 18.6. The van der Waals surface area contributed by atoms with Gasteiger partial charge in [-0.05, 0) is 30.2 Å². The molecule has 1 aliphatic heterocycles. The molecule has 0 spiro atoms. The number of amides is 1. The van der Waals surface area contributed by atoms with Gasteiger partial charge in [0.15, 0.2) is 0 Å². The molecule has 0 bridgehead atoms. The second-order valence-electron chi connectivity index (χ2n) is 4.30. The second-order valence-corrected chi connectivity index (χ2v) is 5.16. The molecule has 0 unspecified atom stereocenters. The Kier molecular flexibility index (Phi) is 5.56. The Morgan fingerprint density at radius 3 is 2.89 bits per heavy atom. The van der Waals surface area contributed by atoms with Crippen LogP contribution in [-0.4, -0.2) is 29.9 Å². The summed E-state index contributed by atoms with van der Waals surface area (Å²) in [6.45, 7) is 1.30. The lowest BCUT2D eigenvalue weighted by Gasteiger charge is -2.16. The van der Waals surface area contributed by atoms with Crippen LogP contribution >= 0.6 is 28.3 Å². The molecule has 0 aromatic heterocycles. The van der Waals surface area contributed by atoms with E-state index < -0.39 is 0 Å². The highest BCUT2D eigenvalue weighted by Gasteiger charge is 2.23. The van der Waals surface area contributed by atoms with Crippen molar-refractivity contribution < 1.29 is 9.18 Å². The molecular formula is C12H15BrClFN2O. The van der Waals surface area contributed by atoms with Crippen molar-refractivity contribution in [2.75, 3.05) is 13.1 Å². The highest BCUT2D eigenvalue weighted by Crippen LogP contribution is 2.20. The summed E-state index contributed by atoms with van der Waals surface area (Å²) in [6.07, 6.45) is 1.06. The van der Waals surface area contributed by atoms with Crippen molar-refractivity contribution in [3.05, 3.63) is 34.1 Å². The zero-order valence-corrected chi connectivity index (χ0v) is 12.1. The van der Waals surface area contributed by atoms with Gasteiger partial charge in [-0.3, -0.25) is 4.79 Å². The smallest absolute Gasteiger partial charge is 0.227 e. The summed E-state index contributed by atoms with van der Waals surface area (Å²) >= 11 is 3.32. The van der Waals surface area contributed by atoms with E-state index in [0.29, 0.717) is 18.7 Å². The van der Waals surface area contributed by atoms with Crippen molar-refractivity contribution >= 4 is 34.2 Å². The van der Waals surface area contributed by atoms with Crippen LogP contribution in [0.25, 0.3) is 0 Å². The van der Waals surface area contributed by atoms with E-state index >= 15 is 0 Å². The van der Waals surface area contributed by atoms with Gasteiger partial charge in [-0.25, -0.2) is 4.39 Å². The van der Waals surface area contributed by atoms with E-state index in [9.17, 15) is 9.18 Å². The number of nitrogens with zero attached hydrogens (tertiary/aromatic N) is 1. The third-order valence-electron chi connectivity index (χ3n) is 2.93. The Bertz CT molecular complexity index is 444. The van der Waals surface area contributed by atoms with Gasteiger partial charge in [-0.15, -0.1) is 12.4 Å². The lowest BCUT2D eigenvalue weighted by molar-refractivity contribution is -0.129. The van der Waals surface area contributed by atoms with Gasteiger partial charge in [0.1, 0.15) is 5.82 Å². The Hall–Kier alpha value is -0.650. The van der Waals surface area contributed by atoms with Crippen LogP contribution in [0.1, 0.15) is 12.0 Å². The summed E-state index contributed by atoms with van der Waals surface area (Å²) in [5.41, 5.74) is 6.42. The standard InChI is InChI=1S/C12H14BrFN2O.ClH/c13-11-2-1-9(14)5-8(11)6-12(17)16-4-3-10(15)7-16;/h1-2,5,10H,3-4,6-7,15H2;1H/t10-;/m0./s1. The van der Waals surface area contributed by atoms with Gasteiger partial charge in [0, 0.05) is 23.6 Å². The summed E-state index contributed by atoms with van der Waals surface area (Å²) in [7, 11) is 0. The minimum Gasteiger partial charge on any atom is -0.341 e. The minimum absolute atomic E-state index is 0. The molecule has 3 nitrogen and oxygen atoms in total. The van der Waals surface area contributed by atoms with Crippen LogP contribution in [0.3, 0.4) is 0 Å². The zero-order chi connectivity index (χ0) is 12.4. The first kappa shape index (κ1) is 15.4. The number of likely N-dealkylation sites (tertiary alicyclic amines) is 1. The maximum Gasteiger partial charge on any atom is 0.227 e. The van der Waals surface area contributed by atoms with E-state index in [-0.39, 0.29) is 36.6 Å². The molecule has 6 heteroatoms. The van der Waals surface area contributed by atoms with Gasteiger partial charge in [-0.1, -0.05) is 15.9 Å². The molecule has 1 aromatic carbocycles. The van der Waals surface area contributed by atoms with Crippen LogP contribution < -0.4 is 5.73 Å². The third-order valence-corrected chi connectivity index (χ3v) is 3.70. The first-order valence-electron chi connectivity index (χ1n) is 5.53. The maximum atomic E-state index is 13.1. The molecule has 1 heterocycles. The van der Waals surface area contributed by atoms with E-state index in [0.717, 1.165) is 10.9 Å². The van der Waals surface area contributed by atoms with Crippen LogP contribution in [0.2, 0.25) is 0 Å². The number of benzene rings is 1. The molecule has 1 aliphatic rings. The van der Waals surface area contributed by atoms with E-state index in [1.165, 1.54) is 12.1 Å². The van der Waals surface area contributed by atoms with Gasteiger partial charge < -0.3 is 10.6 Å². The van der Waals surface area contributed by atoms with Gasteiger partial charge in [0.05, 0.1) is 6.42 Å². The first-order chi connectivity index (χ1) is 8.06. The number of carbonyl (C=O) groups excluding carboxylic acids is 1. The van der Waals surface area contributed by atoms with Crippen LogP contribution in [0, 0.1) is 5.82 Å². The molecule has 1 amide bonds. The highest BCUT2D eigenvalue weighted by atomic mass is 79.9. The summed E-state index contributed by atoms with van der Waals surface area (Å²) in [4.78, 5) is 13.7. The molecule has 2 rings (SSSR count). The number of carbonyl (C=O) groups is 1. The Morgan fingerprint density at radius 1 is 1.56 bits per heavy atom. The van der Waals surface area contributed by atoms with E-state index in [4.69, 9.17) is 5.73 Å². The average molecular weight is 338 g/mol. The number of hydrogen-bond acceptors (Lipinski definition) is 2. The predicted octanol–water partition coefficient (Wildman–Crippen LogP) is 2.11. The summed E-state index contributed by atoms with van der Waals surface area (Å²) in [6, 6.07) is 4.45.